The van der Waals surface area contributed by atoms with Crippen LogP contribution in [0.3, 0.4) is 0 Å². The number of nitro groups is 1. The number of hydrogen-bond acceptors (Lipinski definition) is 7. The molecule has 0 aromatic heterocycles. The number of carbonyl (C=O) groups excluding carboxylic acids is 1. The average Bonchev–Trinajstić information content (AvgIpc) is 2.78. The molecule has 3 aromatic carbocycles. The van der Waals surface area contributed by atoms with Crippen LogP contribution >= 0.6 is 11.6 Å². The molecular weight excluding hydrogens is 472 g/mol. The van der Waals surface area contributed by atoms with Gasteiger partial charge in [0, 0.05) is 26.2 Å². The zero-order chi connectivity index (χ0) is 24.2. The number of ether oxygens (including phenoxy) is 1. The van der Waals surface area contributed by atoms with Gasteiger partial charge in [-0.05, 0) is 35.9 Å². The Morgan fingerprint density at radius 2 is 1.70 bits per heavy atom. The lowest BCUT2D eigenvalue weighted by molar-refractivity contribution is -0.384. The van der Waals surface area contributed by atoms with Crippen LogP contribution in [0.5, 0.6) is 11.5 Å². The number of hydrogen-bond donors (Lipinski definition) is 0. The van der Waals surface area contributed by atoms with E-state index in [2.05, 4.69) is 0 Å². The van der Waals surface area contributed by atoms with Crippen LogP contribution in [0.1, 0.15) is 15.9 Å². The predicted molar refractivity (Wildman–Crippen MR) is 121 cm³/mol. The van der Waals surface area contributed by atoms with Crippen LogP contribution in [0.2, 0.25) is 5.02 Å². The molecule has 0 heterocycles. The molecule has 0 radical (unpaired) electrons. The largest absolute Gasteiger partial charge is 0.487 e. The molecule has 3 rings (SSSR count). The molecule has 0 unspecified atom stereocenters. The summed E-state index contributed by atoms with van der Waals surface area (Å²) in [7, 11) is -1.09. The lowest BCUT2D eigenvalue weighted by Crippen LogP contribution is -2.23. The van der Waals surface area contributed by atoms with Crippen LogP contribution < -0.4 is 8.92 Å². The van der Waals surface area contributed by atoms with E-state index in [0.717, 1.165) is 0 Å². The molecule has 3 aromatic rings. The van der Waals surface area contributed by atoms with Gasteiger partial charge in [-0.3, -0.25) is 14.9 Å². The SMILES string of the molecule is CN(C)C(=O)c1ccccc1OS(=O)(=O)c1ccc(COc2ccc([N+](=O)[O-])cc2Cl)cc1. The van der Waals surface area contributed by atoms with Crippen molar-refractivity contribution in [3.05, 3.63) is 93.0 Å². The number of para-hydroxylation sites is 1. The molecule has 0 aliphatic carbocycles. The van der Waals surface area contributed by atoms with E-state index >= 15 is 0 Å². The zero-order valence-corrected chi connectivity index (χ0v) is 19.2. The Labute approximate surface area is 195 Å². The van der Waals surface area contributed by atoms with Crippen molar-refractivity contribution < 1.29 is 27.1 Å². The molecule has 0 fully saturated rings. The van der Waals surface area contributed by atoms with Crippen molar-refractivity contribution in [3.8, 4) is 11.5 Å². The smallest absolute Gasteiger partial charge is 0.339 e. The molecule has 0 atom stereocenters. The molecule has 0 aliphatic heterocycles. The molecular formula is C22H19ClN2O7S. The van der Waals surface area contributed by atoms with E-state index in [1.165, 1.54) is 59.5 Å². The second kappa shape index (κ2) is 9.88. The molecule has 9 nitrogen and oxygen atoms in total. The molecule has 33 heavy (non-hydrogen) atoms. The quantitative estimate of drug-likeness (QED) is 0.262. The van der Waals surface area contributed by atoms with Crippen molar-refractivity contribution in [1.82, 2.24) is 4.90 Å². The Kier molecular flexibility index (Phi) is 7.19. The van der Waals surface area contributed by atoms with Crippen molar-refractivity contribution in [3.63, 3.8) is 0 Å². The van der Waals surface area contributed by atoms with E-state index in [-0.39, 0.29) is 39.3 Å². The van der Waals surface area contributed by atoms with Gasteiger partial charge in [0.05, 0.1) is 15.5 Å². The number of halogens is 1. The fraction of sp³-hybridized carbons (Fsp3) is 0.136. The van der Waals surface area contributed by atoms with E-state index in [9.17, 15) is 23.3 Å². The van der Waals surface area contributed by atoms with E-state index < -0.39 is 20.9 Å². The minimum Gasteiger partial charge on any atom is -0.487 e. The van der Waals surface area contributed by atoms with Crippen LogP contribution in [0, 0.1) is 10.1 Å². The lowest BCUT2D eigenvalue weighted by atomic mass is 10.2. The summed E-state index contributed by atoms with van der Waals surface area (Å²) in [6.45, 7) is 0.0545. The maximum absolute atomic E-state index is 12.7. The van der Waals surface area contributed by atoms with Crippen molar-refractivity contribution in [2.24, 2.45) is 0 Å². The summed E-state index contributed by atoms with van der Waals surface area (Å²) in [6, 6.07) is 15.7. The Bertz CT molecular complexity index is 1290. The third-order valence-electron chi connectivity index (χ3n) is 4.46. The first-order valence-electron chi connectivity index (χ1n) is 9.49. The Morgan fingerprint density at radius 3 is 2.30 bits per heavy atom. The highest BCUT2D eigenvalue weighted by atomic mass is 35.5. The minimum absolute atomic E-state index is 0.0545. The van der Waals surface area contributed by atoms with Crippen molar-refractivity contribution in [1.29, 1.82) is 0 Å². The fourth-order valence-electron chi connectivity index (χ4n) is 2.76. The number of nitro benzene ring substituents is 1. The molecule has 0 N–H and O–H groups in total. The zero-order valence-electron chi connectivity index (χ0n) is 17.6. The topological polar surface area (TPSA) is 116 Å². The van der Waals surface area contributed by atoms with Gasteiger partial charge >= 0.3 is 10.1 Å². The monoisotopic (exact) mass is 490 g/mol. The summed E-state index contributed by atoms with van der Waals surface area (Å²) in [5.41, 5.74) is 0.596. The first-order chi connectivity index (χ1) is 15.6. The van der Waals surface area contributed by atoms with Crippen molar-refractivity contribution in [2.45, 2.75) is 11.5 Å². The molecule has 0 bridgehead atoms. The lowest BCUT2D eigenvalue weighted by Gasteiger charge is -2.14. The van der Waals surface area contributed by atoms with Gasteiger partial charge in [0.15, 0.2) is 5.75 Å². The normalized spacial score (nSPS) is 11.0. The third-order valence-corrected chi connectivity index (χ3v) is 6.00. The van der Waals surface area contributed by atoms with Gasteiger partial charge in [-0.2, -0.15) is 8.42 Å². The summed E-state index contributed by atoms with van der Waals surface area (Å²) >= 11 is 6.00. The van der Waals surface area contributed by atoms with Gasteiger partial charge in [-0.25, -0.2) is 0 Å². The average molecular weight is 491 g/mol. The van der Waals surface area contributed by atoms with E-state index in [0.29, 0.717) is 5.56 Å². The van der Waals surface area contributed by atoms with Gasteiger partial charge in [0.25, 0.3) is 11.6 Å². The number of rotatable bonds is 8. The highest BCUT2D eigenvalue weighted by Crippen LogP contribution is 2.29. The fourth-order valence-corrected chi connectivity index (χ4v) is 3.93. The van der Waals surface area contributed by atoms with Gasteiger partial charge in [-0.1, -0.05) is 35.9 Å². The summed E-state index contributed by atoms with van der Waals surface area (Å²) < 4.78 is 36.2. The highest BCUT2D eigenvalue weighted by Gasteiger charge is 2.21. The summed E-state index contributed by atoms with van der Waals surface area (Å²) in [5, 5.41) is 10.9. The van der Waals surface area contributed by atoms with Gasteiger partial charge in [0.2, 0.25) is 0 Å². The molecule has 172 valence electrons. The number of nitrogens with zero attached hydrogens (tertiary/aromatic N) is 2. The molecule has 0 aliphatic rings. The van der Waals surface area contributed by atoms with E-state index in [1.54, 1.807) is 26.2 Å². The molecule has 0 saturated carbocycles. The number of non-ortho nitro benzene ring substituents is 1. The maximum Gasteiger partial charge on any atom is 0.339 e. The minimum atomic E-state index is -4.20. The standard InChI is InChI=1S/C22H19ClN2O7S/c1-24(2)22(26)18-5-3-4-6-20(18)32-33(29,30)17-10-7-15(8-11-17)14-31-21-12-9-16(25(27)28)13-19(21)23/h3-13H,14H2,1-2H3. The number of carbonyl (C=O) groups is 1. The third kappa shape index (κ3) is 5.79. The van der Waals surface area contributed by atoms with Crippen molar-refractivity contribution >= 4 is 33.3 Å². The molecule has 1 amide bonds. The van der Waals surface area contributed by atoms with Crippen LogP contribution in [0.15, 0.2) is 71.6 Å². The molecule has 0 saturated heterocycles. The van der Waals surface area contributed by atoms with Crippen LogP contribution in [0.4, 0.5) is 5.69 Å². The van der Waals surface area contributed by atoms with E-state index in [1.807, 2.05) is 0 Å². The van der Waals surface area contributed by atoms with Crippen molar-refractivity contribution in [2.75, 3.05) is 14.1 Å². The van der Waals surface area contributed by atoms with Crippen LogP contribution in [-0.2, 0) is 16.7 Å². The van der Waals surface area contributed by atoms with Gasteiger partial charge < -0.3 is 13.8 Å². The van der Waals surface area contributed by atoms with Gasteiger partial charge in [-0.15, -0.1) is 0 Å². The van der Waals surface area contributed by atoms with Gasteiger partial charge in [0.1, 0.15) is 17.3 Å². The molecule has 11 heteroatoms. The second-order valence-electron chi connectivity index (χ2n) is 7.04. The molecule has 0 spiro atoms. The maximum atomic E-state index is 12.7. The second-order valence-corrected chi connectivity index (χ2v) is 8.99. The first kappa shape index (κ1) is 24.0. The number of amides is 1. The highest BCUT2D eigenvalue weighted by molar-refractivity contribution is 7.87. The summed E-state index contributed by atoms with van der Waals surface area (Å²) in [5.74, 6) is -0.209. The predicted octanol–water partition coefficient (Wildman–Crippen LogP) is 4.30. The number of benzene rings is 3. The Morgan fingerprint density at radius 1 is 1.03 bits per heavy atom. The Balaban J connectivity index is 1.72. The summed E-state index contributed by atoms with van der Waals surface area (Å²) in [6.07, 6.45) is 0. The Hall–Kier alpha value is -3.63. The van der Waals surface area contributed by atoms with Crippen LogP contribution in [0.25, 0.3) is 0 Å². The summed E-state index contributed by atoms with van der Waals surface area (Å²) in [4.78, 5) is 23.7. The van der Waals surface area contributed by atoms with Crippen LogP contribution in [-0.4, -0.2) is 38.2 Å². The van der Waals surface area contributed by atoms with E-state index in [4.69, 9.17) is 20.5 Å². The first-order valence-corrected chi connectivity index (χ1v) is 11.3.